The highest BCUT2D eigenvalue weighted by molar-refractivity contribution is 5.71. The lowest BCUT2D eigenvalue weighted by Crippen LogP contribution is -2.30. The molecule has 0 heterocycles. The number of ether oxygens (including phenoxy) is 3. The Hall–Kier alpha value is -1.59. The van der Waals surface area contributed by atoms with Gasteiger partial charge in [0.1, 0.15) is 13.2 Å². The molecule has 0 aromatic carbocycles. The Kier molecular flexibility index (Phi) is 38.9. The summed E-state index contributed by atoms with van der Waals surface area (Å²) in [5.74, 6) is 0.786. The molecule has 0 amide bonds. The Morgan fingerprint density at radius 2 is 0.623 bits per heavy atom. The number of unbranched alkanes of at least 4 members (excludes halogenated alkanes) is 26. The fraction of sp³-hybridized carbons (Fsp3) is 0.936. The first-order chi connectivity index (χ1) is 25.7. The molecule has 0 spiro atoms. The summed E-state index contributed by atoms with van der Waals surface area (Å²) in [4.78, 5) is 37.5. The van der Waals surface area contributed by atoms with Crippen molar-refractivity contribution in [2.24, 2.45) is 11.8 Å². The zero-order chi connectivity index (χ0) is 39.0. The smallest absolute Gasteiger partial charge is 0.306 e. The number of rotatable bonds is 41. The van der Waals surface area contributed by atoms with Crippen LogP contribution in [0.5, 0.6) is 0 Å². The van der Waals surface area contributed by atoms with Gasteiger partial charge in [-0.05, 0) is 31.1 Å². The van der Waals surface area contributed by atoms with E-state index in [9.17, 15) is 14.4 Å². The normalized spacial score (nSPS) is 12.1. The van der Waals surface area contributed by atoms with Gasteiger partial charge in [0.2, 0.25) is 0 Å². The number of hydrogen-bond acceptors (Lipinski definition) is 6. The third-order valence-electron chi connectivity index (χ3n) is 10.5. The second-order valence-corrected chi connectivity index (χ2v) is 17.0. The van der Waals surface area contributed by atoms with Crippen LogP contribution in [0.3, 0.4) is 0 Å². The Bertz CT molecular complexity index is 809. The third kappa shape index (κ3) is 41.4. The summed E-state index contributed by atoms with van der Waals surface area (Å²) in [5.41, 5.74) is 0. The number of carbonyl (C=O) groups excluding carboxylic acids is 3. The van der Waals surface area contributed by atoms with Crippen LogP contribution < -0.4 is 0 Å². The van der Waals surface area contributed by atoms with Gasteiger partial charge < -0.3 is 14.2 Å². The predicted molar refractivity (Wildman–Crippen MR) is 224 cm³/mol. The van der Waals surface area contributed by atoms with Gasteiger partial charge in [-0.15, -0.1) is 0 Å². The molecule has 53 heavy (non-hydrogen) atoms. The van der Waals surface area contributed by atoms with Gasteiger partial charge in [-0.25, -0.2) is 0 Å². The topological polar surface area (TPSA) is 78.9 Å². The van der Waals surface area contributed by atoms with Crippen LogP contribution in [0.1, 0.15) is 253 Å². The fourth-order valence-corrected chi connectivity index (χ4v) is 6.93. The number of esters is 3. The third-order valence-corrected chi connectivity index (χ3v) is 10.5. The summed E-state index contributed by atoms with van der Waals surface area (Å²) in [6.07, 6.45) is 38.4. The number of hydrogen-bond donors (Lipinski definition) is 0. The molecule has 0 saturated carbocycles. The van der Waals surface area contributed by atoms with Gasteiger partial charge in [0.25, 0.3) is 0 Å². The zero-order valence-corrected chi connectivity index (χ0v) is 36.1. The molecule has 1 atom stereocenters. The highest BCUT2D eigenvalue weighted by Crippen LogP contribution is 2.17. The summed E-state index contributed by atoms with van der Waals surface area (Å²) >= 11 is 0. The summed E-state index contributed by atoms with van der Waals surface area (Å²) in [7, 11) is 0. The van der Waals surface area contributed by atoms with E-state index in [0.717, 1.165) is 76.0 Å². The molecule has 0 N–H and O–H groups in total. The van der Waals surface area contributed by atoms with Crippen molar-refractivity contribution in [2.75, 3.05) is 13.2 Å². The molecule has 0 bridgehead atoms. The van der Waals surface area contributed by atoms with Gasteiger partial charge in [0, 0.05) is 19.3 Å². The van der Waals surface area contributed by atoms with Crippen LogP contribution >= 0.6 is 0 Å². The minimum Gasteiger partial charge on any atom is -0.462 e. The van der Waals surface area contributed by atoms with Crippen molar-refractivity contribution < 1.29 is 28.6 Å². The van der Waals surface area contributed by atoms with Crippen LogP contribution in [-0.2, 0) is 28.6 Å². The van der Waals surface area contributed by atoms with Crippen molar-refractivity contribution in [1.82, 2.24) is 0 Å². The first-order valence-corrected chi connectivity index (χ1v) is 23.2. The molecule has 0 unspecified atom stereocenters. The molecule has 0 aliphatic carbocycles. The molecule has 6 heteroatoms. The first-order valence-electron chi connectivity index (χ1n) is 23.2. The highest BCUT2D eigenvalue weighted by Gasteiger charge is 2.19. The maximum absolute atomic E-state index is 12.7. The average molecular weight is 751 g/mol. The molecule has 0 aromatic heterocycles. The Labute approximate surface area is 329 Å². The maximum atomic E-state index is 12.7. The molecule has 0 radical (unpaired) electrons. The van der Waals surface area contributed by atoms with Gasteiger partial charge in [-0.1, -0.05) is 214 Å². The van der Waals surface area contributed by atoms with Crippen molar-refractivity contribution in [3.05, 3.63) is 0 Å². The van der Waals surface area contributed by atoms with Crippen molar-refractivity contribution >= 4 is 17.9 Å². The van der Waals surface area contributed by atoms with Crippen LogP contribution in [0.25, 0.3) is 0 Å². The first kappa shape index (κ1) is 51.4. The van der Waals surface area contributed by atoms with E-state index < -0.39 is 6.10 Å². The molecule has 314 valence electrons. The van der Waals surface area contributed by atoms with E-state index in [1.807, 2.05) is 0 Å². The van der Waals surface area contributed by atoms with E-state index in [0.29, 0.717) is 19.3 Å². The lowest BCUT2D eigenvalue weighted by atomic mass is 10.0. The molecule has 0 aliphatic rings. The van der Waals surface area contributed by atoms with Crippen LogP contribution in [0.4, 0.5) is 0 Å². The summed E-state index contributed by atoms with van der Waals surface area (Å²) in [5, 5.41) is 0. The Balaban J connectivity index is 4.15. The maximum Gasteiger partial charge on any atom is 0.306 e. The molecule has 0 aromatic rings. The van der Waals surface area contributed by atoms with Crippen LogP contribution in [0.15, 0.2) is 0 Å². The van der Waals surface area contributed by atoms with Crippen molar-refractivity contribution in [3.63, 3.8) is 0 Å². The van der Waals surface area contributed by atoms with E-state index in [1.54, 1.807) is 0 Å². The summed E-state index contributed by atoms with van der Waals surface area (Å²) in [6.45, 7) is 11.3. The predicted octanol–water partition coefficient (Wildman–Crippen LogP) is 14.6. The molecule has 6 nitrogen and oxygen atoms in total. The van der Waals surface area contributed by atoms with E-state index in [4.69, 9.17) is 14.2 Å². The minimum absolute atomic E-state index is 0.0659. The molecule has 0 fully saturated rings. The van der Waals surface area contributed by atoms with Crippen molar-refractivity contribution in [1.29, 1.82) is 0 Å². The lowest BCUT2D eigenvalue weighted by molar-refractivity contribution is -0.167. The molecule has 0 saturated heterocycles. The molecule has 0 rings (SSSR count). The monoisotopic (exact) mass is 751 g/mol. The molecule has 0 aliphatic heterocycles. The lowest BCUT2D eigenvalue weighted by Gasteiger charge is -2.18. The Morgan fingerprint density at radius 3 is 0.925 bits per heavy atom. The van der Waals surface area contributed by atoms with E-state index >= 15 is 0 Å². The second-order valence-electron chi connectivity index (χ2n) is 17.0. The average Bonchev–Trinajstić information content (AvgIpc) is 3.12. The minimum atomic E-state index is -0.759. The molecular formula is C47H90O6. The van der Waals surface area contributed by atoms with Gasteiger partial charge >= 0.3 is 17.9 Å². The fourth-order valence-electron chi connectivity index (χ4n) is 6.93. The highest BCUT2D eigenvalue weighted by atomic mass is 16.6. The van der Waals surface area contributed by atoms with E-state index in [-0.39, 0.29) is 31.1 Å². The summed E-state index contributed by atoms with van der Waals surface area (Å²) in [6, 6.07) is 0. The van der Waals surface area contributed by atoms with Crippen LogP contribution in [-0.4, -0.2) is 37.2 Å². The van der Waals surface area contributed by atoms with E-state index in [2.05, 4.69) is 34.6 Å². The van der Waals surface area contributed by atoms with E-state index in [1.165, 1.54) is 135 Å². The standard InChI is InChI=1S/C47H90O6/c1-6-7-8-25-32-37-45(48)51-40-44(41-52-46(49)38-33-28-23-20-16-18-22-27-31-36-43(4)5)53-47(50)39-34-29-24-19-15-13-11-9-10-12-14-17-21-26-30-35-42(2)3/h42-44H,6-41H2,1-5H3/t44-/m1/s1. The molecular weight excluding hydrogens is 661 g/mol. The largest absolute Gasteiger partial charge is 0.462 e. The van der Waals surface area contributed by atoms with Crippen LogP contribution in [0, 0.1) is 11.8 Å². The van der Waals surface area contributed by atoms with Crippen molar-refractivity contribution in [3.8, 4) is 0 Å². The van der Waals surface area contributed by atoms with Gasteiger partial charge in [0.15, 0.2) is 6.10 Å². The van der Waals surface area contributed by atoms with Crippen molar-refractivity contribution in [2.45, 2.75) is 259 Å². The van der Waals surface area contributed by atoms with Gasteiger partial charge in [0.05, 0.1) is 0 Å². The van der Waals surface area contributed by atoms with Crippen LogP contribution in [0.2, 0.25) is 0 Å². The quantitative estimate of drug-likeness (QED) is 0.0352. The Morgan fingerprint density at radius 1 is 0.358 bits per heavy atom. The number of carbonyl (C=O) groups is 3. The zero-order valence-electron chi connectivity index (χ0n) is 36.1. The summed E-state index contributed by atoms with van der Waals surface area (Å²) < 4.78 is 16.6. The second kappa shape index (κ2) is 40.1. The SMILES string of the molecule is CCCCCCCC(=O)OC[C@H](COC(=O)CCCCCCCCCCCC(C)C)OC(=O)CCCCCCCCCCCCCCCCCC(C)C. The van der Waals surface area contributed by atoms with Gasteiger partial charge in [-0.3, -0.25) is 14.4 Å². The van der Waals surface area contributed by atoms with Gasteiger partial charge in [-0.2, -0.15) is 0 Å².